The van der Waals surface area contributed by atoms with Crippen LogP contribution in [0, 0.1) is 12.7 Å². The maximum absolute atomic E-state index is 13.4. The third-order valence-corrected chi connectivity index (χ3v) is 4.32. The summed E-state index contributed by atoms with van der Waals surface area (Å²) in [6, 6.07) is 8.26. The molecule has 0 unspecified atom stereocenters. The molecule has 0 atom stereocenters. The van der Waals surface area contributed by atoms with E-state index in [1.54, 1.807) is 25.1 Å². The summed E-state index contributed by atoms with van der Waals surface area (Å²) < 4.78 is 45.3. The topological polar surface area (TPSA) is 81.4 Å². The van der Waals surface area contributed by atoms with Gasteiger partial charge in [-0.2, -0.15) is 0 Å². The number of rotatable bonds is 4. The number of nitrogens with two attached hydrogens (primary N) is 1. The number of halogens is 1. The highest BCUT2D eigenvalue weighted by Crippen LogP contribution is 2.24. The molecule has 0 fully saturated rings. The Morgan fingerprint density at radius 1 is 1.19 bits per heavy atom. The minimum absolute atomic E-state index is 0.102. The van der Waals surface area contributed by atoms with Crippen molar-refractivity contribution in [2.45, 2.75) is 11.8 Å². The summed E-state index contributed by atoms with van der Waals surface area (Å²) in [5.41, 5.74) is 6.32. The molecule has 0 aromatic heterocycles. The molecule has 0 saturated carbocycles. The third kappa shape index (κ3) is 3.25. The lowest BCUT2D eigenvalue weighted by Crippen LogP contribution is -2.14. The maximum atomic E-state index is 13.4. The van der Waals surface area contributed by atoms with Gasteiger partial charge in [-0.3, -0.25) is 4.72 Å². The summed E-state index contributed by atoms with van der Waals surface area (Å²) in [5.74, 6) is -0.154. The van der Waals surface area contributed by atoms with Gasteiger partial charge >= 0.3 is 0 Å². The quantitative estimate of drug-likeness (QED) is 0.850. The Balaban J connectivity index is 2.35. The molecule has 0 spiro atoms. The molecule has 2 aromatic carbocycles. The Morgan fingerprint density at radius 3 is 2.48 bits per heavy atom. The van der Waals surface area contributed by atoms with Crippen molar-refractivity contribution in [2.24, 2.45) is 0 Å². The standard InChI is InChI=1S/C14H15FN2O3S/c1-9-7-10(20-2)3-6-14(9)17-21(18,19)11-4-5-13(16)12(15)8-11/h3-8,17H,16H2,1-2H3. The highest BCUT2D eigenvalue weighted by atomic mass is 32.2. The zero-order valence-corrected chi connectivity index (χ0v) is 12.4. The zero-order chi connectivity index (χ0) is 15.6. The lowest BCUT2D eigenvalue weighted by Gasteiger charge is -2.12. The first kappa shape index (κ1) is 15.1. The second-order valence-electron chi connectivity index (χ2n) is 4.47. The number of benzene rings is 2. The van der Waals surface area contributed by atoms with E-state index in [9.17, 15) is 12.8 Å². The molecule has 0 bridgehead atoms. The Bertz CT molecular complexity index is 776. The Hall–Kier alpha value is -2.28. The van der Waals surface area contributed by atoms with E-state index < -0.39 is 15.8 Å². The monoisotopic (exact) mass is 310 g/mol. The van der Waals surface area contributed by atoms with Crippen LogP contribution in [0.3, 0.4) is 0 Å². The summed E-state index contributed by atoms with van der Waals surface area (Å²) >= 11 is 0. The van der Waals surface area contributed by atoms with Crippen LogP contribution in [0.4, 0.5) is 15.8 Å². The van der Waals surface area contributed by atoms with Crippen molar-refractivity contribution in [2.75, 3.05) is 17.6 Å². The van der Waals surface area contributed by atoms with Crippen molar-refractivity contribution in [1.29, 1.82) is 0 Å². The van der Waals surface area contributed by atoms with Crippen LogP contribution in [0.25, 0.3) is 0 Å². The molecule has 21 heavy (non-hydrogen) atoms. The van der Waals surface area contributed by atoms with Gasteiger partial charge in [0.05, 0.1) is 23.4 Å². The molecular formula is C14H15FN2O3S. The number of anilines is 2. The summed E-state index contributed by atoms with van der Waals surface area (Å²) in [6.07, 6.45) is 0. The smallest absolute Gasteiger partial charge is 0.262 e. The molecule has 2 aromatic rings. The van der Waals surface area contributed by atoms with Crippen LogP contribution < -0.4 is 15.2 Å². The van der Waals surface area contributed by atoms with Crippen molar-refractivity contribution >= 4 is 21.4 Å². The van der Waals surface area contributed by atoms with Crippen molar-refractivity contribution in [3.63, 3.8) is 0 Å². The van der Waals surface area contributed by atoms with Gasteiger partial charge in [0.2, 0.25) is 0 Å². The molecule has 0 aliphatic rings. The number of ether oxygens (including phenoxy) is 1. The highest BCUT2D eigenvalue weighted by Gasteiger charge is 2.17. The predicted octanol–water partition coefficient (Wildman–Crippen LogP) is 2.53. The fourth-order valence-electron chi connectivity index (χ4n) is 1.76. The van der Waals surface area contributed by atoms with E-state index >= 15 is 0 Å². The van der Waals surface area contributed by atoms with Crippen LogP contribution >= 0.6 is 0 Å². The molecule has 0 saturated heterocycles. The first-order valence-electron chi connectivity index (χ1n) is 6.06. The second-order valence-corrected chi connectivity index (χ2v) is 6.15. The minimum atomic E-state index is -3.88. The molecule has 3 N–H and O–H groups in total. The summed E-state index contributed by atoms with van der Waals surface area (Å²) in [5, 5.41) is 0. The van der Waals surface area contributed by atoms with Gasteiger partial charge in [0.1, 0.15) is 11.6 Å². The zero-order valence-electron chi connectivity index (χ0n) is 11.6. The highest BCUT2D eigenvalue weighted by molar-refractivity contribution is 7.92. The number of methoxy groups -OCH3 is 1. The van der Waals surface area contributed by atoms with Gasteiger partial charge in [-0.25, -0.2) is 12.8 Å². The Kier molecular flexibility index (Phi) is 4.04. The normalized spacial score (nSPS) is 11.2. The molecule has 7 heteroatoms. The Labute approximate surface area is 122 Å². The van der Waals surface area contributed by atoms with E-state index in [1.807, 2.05) is 0 Å². The summed E-state index contributed by atoms with van der Waals surface area (Å²) in [6.45, 7) is 1.74. The molecule has 5 nitrogen and oxygen atoms in total. The van der Waals surface area contributed by atoms with Gasteiger partial charge in [0.25, 0.3) is 10.0 Å². The average Bonchev–Trinajstić information content (AvgIpc) is 2.43. The molecule has 0 radical (unpaired) electrons. The first-order valence-corrected chi connectivity index (χ1v) is 7.54. The van der Waals surface area contributed by atoms with Crippen LogP contribution in [-0.4, -0.2) is 15.5 Å². The van der Waals surface area contributed by atoms with Crippen LogP contribution in [0.15, 0.2) is 41.3 Å². The predicted molar refractivity (Wildman–Crippen MR) is 79.4 cm³/mol. The Morgan fingerprint density at radius 2 is 1.90 bits per heavy atom. The number of sulfonamides is 1. The number of nitrogens with one attached hydrogen (secondary N) is 1. The molecule has 0 aliphatic heterocycles. The third-order valence-electron chi connectivity index (χ3n) is 2.96. The molecule has 2 rings (SSSR count). The van der Waals surface area contributed by atoms with Crippen molar-refractivity contribution in [3.8, 4) is 5.75 Å². The minimum Gasteiger partial charge on any atom is -0.497 e. The van der Waals surface area contributed by atoms with E-state index in [4.69, 9.17) is 10.5 Å². The van der Waals surface area contributed by atoms with E-state index in [2.05, 4.69) is 4.72 Å². The fourth-order valence-corrected chi connectivity index (χ4v) is 2.90. The van der Waals surface area contributed by atoms with Gasteiger partial charge in [0, 0.05) is 0 Å². The maximum Gasteiger partial charge on any atom is 0.262 e. The van der Waals surface area contributed by atoms with E-state index in [1.165, 1.54) is 19.2 Å². The van der Waals surface area contributed by atoms with Crippen molar-refractivity contribution < 1.29 is 17.5 Å². The molecule has 0 heterocycles. The lowest BCUT2D eigenvalue weighted by molar-refractivity contribution is 0.414. The van der Waals surface area contributed by atoms with Crippen molar-refractivity contribution in [1.82, 2.24) is 0 Å². The first-order chi connectivity index (χ1) is 9.83. The van der Waals surface area contributed by atoms with E-state index in [0.717, 1.165) is 6.07 Å². The number of hydrogen-bond acceptors (Lipinski definition) is 4. The molecular weight excluding hydrogens is 295 g/mol. The van der Waals surface area contributed by atoms with Crippen LogP contribution in [0.2, 0.25) is 0 Å². The summed E-state index contributed by atoms with van der Waals surface area (Å²) in [7, 11) is -2.36. The average molecular weight is 310 g/mol. The number of aryl methyl sites for hydroxylation is 1. The summed E-state index contributed by atoms with van der Waals surface area (Å²) in [4.78, 5) is -0.190. The number of nitrogen functional groups attached to an aromatic ring is 1. The fraction of sp³-hybridized carbons (Fsp3) is 0.143. The van der Waals surface area contributed by atoms with Crippen LogP contribution in [0.5, 0.6) is 5.75 Å². The number of hydrogen-bond donors (Lipinski definition) is 2. The molecule has 0 aliphatic carbocycles. The molecule has 112 valence electrons. The largest absolute Gasteiger partial charge is 0.497 e. The van der Waals surface area contributed by atoms with E-state index in [-0.39, 0.29) is 10.6 Å². The van der Waals surface area contributed by atoms with Crippen LogP contribution in [-0.2, 0) is 10.0 Å². The second kappa shape index (κ2) is 5.61. The van der Waals surface area contributed by atoms with Crippen LogP contribution in [0.1, 0.15) is 5.56 Å². The SMILES string of the molecule is COc1ccc(NS(=O)(=O)c2ccc(N)c(F)c2)c(C)c1. The lowest BCUT2D eigenvalue weighted by atomic mass is 10.2. The van der Waals surface area contributed by atoms with Gasteiger partial charge in [0.15, 0.2) is 0 Å². The van der Waals surface area contributed by atoms with Gasteiger partial charge in [-0.15, -0.1) is 0 Å². The van der Waals surface area contributed by atoms with Gasteiger partial charge in [-0.05, 0) is 48.9 Å². The van der Waals surface area contributed by atoms with Crippen molar-refractivity contribution in [3.05, 3.63) is 47.8 Å². The van der Waals surface area contributed by atoms with E-state index in [0.29, 0.717) is 17.0 Å². The van der Waals surface area contributed by atoms with Gasteiger partial charge in [-0.1, -0.05) is 0 Å². The van der Waals surface area contributed by atoms with Gasteiger partial charge < -0.3 is 10.5 Å². The molecule has 0 amide bonds.